The van der Waals surface area contributed by atoms with Gasteiger partial charge in [-0.3, -0.25) is 9.69 Å². The summed E-state index contributed by atoms with van der Waals surface area (Å²) in [6.45, 7) is 4.11. The molecule has 2 amide bonds. The Morgan fingerprint density at radius 3 is 2.83 bits per heavy atom. The van der Waals surface area contributed by atoms with Gasteiger partial charge in [-0.05, 0) is 43.0 Å². The molecule has 6 heteroatoms. The van der Waals surface area contributed by atoms with Gasteiger partial charge in [-0.25, -0.2) is 4.79 Å². The molecule has 3 rings (SSSR count). The summed E-state index contributed by atoms with van der Waals surface area (Å²) in [7, 11) is 0. The molecule has 1 N–H and O–H groups in total. The van der Waals surface area contributed by atoms with Gasteiger partial charge in [0.1, 0.15) is 6.10 Å². The van der Waals surface area contributed by atoms with Crippen LogP contribution in [0.4, 0.5) is 10.5 Å². The van der Waals surface area contributed by atoms with Crippen molar-refractivity contribution in [2.45, 2.75) is 38.2 Å². The molecule has 1 aromatic rings. The van der Waals surface area contributed by atoms with Gasteiger partial charge in [-0.1, -0.05) is 6.07 Å². The highest BCUT2D eigenvalue weighted by atomic mass is 16.6. The third kappa shape index (κ3) is 2.87. The minimum Gasteiger partial charge on any atom is -0.442 e. The van der Waals surface area contributed by atoms with Gasteiger partial charge in [0, 0.05) is 12.6 Å². The number of ether oxygens (including phenoxy) is 1. The van der Waals surface area contributed by atoms with Crippen LogP contribution in [0.5, 0.6) is 0 Å². The van der Waals surface area contributed by atoms with Gasteiger partial charge in [0.2, 0.25) is 5.91 Å². The molecular formula is C17H19N3O3. The van der Waals surface area contributed by atoms with E-state index in [9.17, 15) is 14.9 Å². The standard InChI is InChI=1S/C17H19N3O3/c1-11-7-13(3-4-15(11)17(10-18)5-6-17)20-9-14(23-16(20)22)8-19-12(2)21/h3-4,7,14H,5-6,8-9H2,1-2H3,(H,19,21)/t14-/m0/s1. The summed E-state index contributed by atoms with van der Waals surface area (Å²) in [5.41, 5.74) is 2.49. The van der Waals surface area contributed by atoms with E-state index in [1.54, 1.807) is 4.90 Å². The molecule has 1 saturated carbocycles. The van der Waals surface area contributed by atoms with Crippen LogP contribution in [0.15, 0.2) is 18.2 Å². The molecule has 6 nitrogen and oxygen atoms in total. The molecule has 0 unspecified atom stereocenters. The SMILES string of the molecule is CC(=O)NC[C@H]1CN(c2ccc(C3(C#N)CC3)c(C)c2)C(=O)O1. The van der Waals surface area contributed by atoms with E-state index in [0.717, 1.165) is 29.7 Å². The van der Waals surface area contributed by atoms with E-state index < -0.39 is 6.09 Å². The van der Waals surface area contributed by atoms with E-state index in [-0.39, 0.29) is 17.4 Å². The molecule has 1 atom stereocenters. The molecule has 1 saturated heterocycles. The maximum Gasteiger partial charge on any atom is 0.414 e. The second-order valence-corrected chi connectivity index (χ2v) is 6.25. The van der Waals surface area contributed by atoms with Gasteiger partial charge in [0.15, 0.2) is 0 Å². The topological polar surface area (TPSA) is 82.4 Å². The first-order valence-electron chi connectivity index (χ1n) is 7.70. The van der Waals surface area contributed by atoms with Crippen LogP contribution in [-0.4, -0.2) is 31.2 Å². The lowest BCUT2D eigenvalue weighted by atomic mass is 9.93. The fourth-order valence-corrected chi connectivity index (χ4v) is 3.02. The molecule has 2 fully saturated rings. The molecule has 0 aromatic heterocycles. The van der Waals surface area contributed by atoms with E-state index >= 15 is 0 Å². The first kappa shape index (κ1) is 15.3. The Morgan fingerprint density at radius 2 is 2.26 bits per heavy atom. The fraction of sp³-hybridized carbons (Fsp3) is 0.471. The van der Waals surface area contributed by atoms with Crippen molar-refractivity contribution in [3.05, 3.63) is 29.3 Å². The first-order valence-corrected chi connectivity index (χ1v) is 7.70. The van der Waals surface area contributed by atoms with E-state index in [4.69, 9.17) is 4.74 Å². The number of carbonyl (C=O) groups excluding carboxylic acids is 2. The summed E-state index contributed by atoms with van der Waals surface area (Å²) in [5.74, 6) is -0.147. The lowest BCUT2D eigenvalue weighted by molar-refractivity contribution is -0.119. The molecule has 1 aliphatic carbocycles. The number of hydrogen-bond acceptors (Lipinski definition) is 4. The molecule has 120 valence electrons. The number of cyclic esters (lactones) is 1. The predicted octanol–water partition coefficient (Wildman–Crippen LogP) is 2.01. The maximum atomic E-state index is 12.0. The average Bonchev–Trinajstić information content (AvgIpc) is 3.22. The fourth-order valence-electron chi connectivity index (χ4n) is 3.02. The number of nitrogens with one attached hydrogen (secondary N) is 1. The Kier molecular flexibility index (Phi) is 3.72. The predicted molar refractivity (Wildman–Crippen MR) is 84.0 cm³/mol. The Labute approximate surface area is 135 Å². The Bertz CT molecular complexity index is 704. The highest BCUT2D eigenvalue weighted by Gasteiger charge is 2.46. The molecule has 1 heterocycles. The number of hydrogen-bond donors (Lipinski definition) is 1. The van der Waals surface area contributed by atoms with Crippen LogP contribution in [0.3, 0.4) is 0 Å². The van der Waals surface area contributed by atoms with E-state index in [2.05, 4.69) is 11.4 Å². The Hall–Kier alpha value is -2.55. The van der Waals surface area contributed by atoms with Gasteiger partial charge in [-0.2, -0.15) is 5.26 Å². The van der Waals surface area contributed by atoms with Crippen LogP contribution < -0.4 is 10.2 Å². The first-order chi connectivity index (χ1) is 10.9. The van der Waals surface area contributed by atoms with Crippen molar-refractivity contribution in [1.82, 2.24) is 5.32 Å². The van der Waals surface area contributed by atoms with Crippen molar-refractivity contribution in [2.75, 3.05) is 18.0 Å². The summed E-state index contributed by atoms with van der Waals surface area (Å²) < 4.78 is 5.27. The molecule has 2 aliphatic rings. The lowest BCUT2D eigenvalue weighted by Gasteiger charge is -2.17. The molecule has 23 heavy (non-hydrogen) atoms. The number of carbonyl (C=O) groups is 2. The zero-order valence-electron chi connectivity index (χ0n) is 13.3. The molecule has 0 bridgehead atoms. The van der Waals surface area contributed by atoms with Crippen LogP contribution >= 0.6 is 0 Å². The highest BCUT2D eigenvalue weighted by molar-refractivity contribution is 5.90. The highest BCUT2D eigenvalue weighted by Crippen LogP contribution is 2.49. The van der Waals surface area contributed by atoms with E-state index in [1.165, 1.54) is 6.92 Å². The number of benzene rings is 1. The summed E-state index contributed by atoms with van der Waals surface area (Å²) in [6.07, 6.45) is 1.04. The quantitative estimate of drug-likeness (QED) is 0.922. The van der Waals surface area contributed by atoms with E-state index in [0.29, 0.717) is 13.1 Å². The van der Waals surface area contributed by atoms with Crippen molar-refractivity contribution >= 4 is 17.7 Å². The smallest absolute Gasteiger partial charge is 0.414 e. The van der Waals surface area contributed by atoms with Gasteiger partial charge in [0.05, 0.1) is 24.6 Å². The van der Waals surface area contributed by atoms with Crippen molar-refractivity contribution in [2.24, 2.45) is 0 Å². The summed E-state index contributed by atoms with van der Waals surface area (Å²) in [6, 6.07) is 8.12. The number of aryl methyl sites for hydroxylation is 1. The van der Waals surface area contributed by atoms with Crippen LogP contribution in [0, 0.1) is 18.3 Å². The van der Waals surface area contributed by atoms with Gasteiger partial charge in [-0.15, -0.1) is 0 Å². The van der Waals surface area contributed by atoms with E-state index in [1.807, 2.05) is 25.1 Å². The maximum absolute atomic E-state index is 12.0. The molecule has 0 spiro atoms. The summed E-state index contributed by atoms with van der Waals surface area (Å²) in [4.78, 5) is 24.5. The average molecular weight is 313 g/mol. The molecule has 1 aromatic carbocycles. The number of amides is 2. The Morgan fingerprint density at radius 1 is 1.52 bits per heavy atom. The third-order valence-electron chi connectivity index (χ3n) is 4.45. The molecular weight excluding hydrogens is 294 g/mol. The minimum atomic E-state index is -0.408. The number of anilines is 1. The van der Waals surface area contributed by atoms with Crippen molar-refractivity contribution in [3.63, 3.8) is 0 Å². The van der Waals surface area contributed by atoms with Gasteiger partial charge in [0.25, 0.3) is 0 Å². The zero-order valence-corrected chi connectivity index (χ0v) is 13.3. The van der Waals surface area contributed by atoms with Crippen molar-refractivity contribution < 1.29 is 14.3 Å². The third-order valence-corrected chi connectivity index (χ3v) is 4.45. The van der Waals surface area contributed by atoms with Gasteiger partial charge >= 0.3 is 6.09 Å². The largest absolute Gasteiger partial charge is 0.442 e. The van der Waals surface area contributed by atoms with Crippen LogP contribution in [0.25, 0.3) is 0 Å². The number of nitriles is 1. The second kappa shape index (κ2) is 5.58. The van der Waals surface area contributed by atoms with Crippen molar-refractivity contribution in [3.8, 4) is 6.07 Å². The second-order valence-electron chi connectivity index (χ2n) is 6.25. The normalized spacial score (nSPS) is 21.5. The molecule has 1 aliphatic heterocycles. The van der Waals surface area contributed by atoms with Crippen LogP contribution in [0.1, 0.15) is 30.9 Å². The number of nitrogens with zero attached hydrogens (tertiary/aromatic N) is 2. The molecule has 0 radical (unpaired) electrons. The van der Waals surface area contributed by atoms with Gasteiger partial charge < -0.3 is 10.1 Å². The van der Waals surface area contributed by atoms with Crippen LogP contribution in [0.2, 0.25) is 0 Å². The number of rotatable bonds is 4. The Balaban J connectivity index is 1.75. The monoisotopic (exact) mass is 313 g/mol. The summed E-state index contributed by atoms with van der Waals surface area (Å²) >= 11 is 0. The van der Waals surface area contributed by atoms with Crippen molar-refractivity contribution in [1.29, 1.82) is 5.26 Å². The van der Waals surface area contributed by atoms with Crippen LogP contribution in [-0.2, 0) is 14.9 Å². The zero-order chi connectivity index (χ0) is 16.6. The summed E-state index contributed by atoms with van der Waals surface area (Å²) in [5, 5.41) is 12.0. The lowest BCUT2D eigenvalue weighted by Crippen LogP contribution is -2.33. The minimum absolute atomic E-state index is 0.147.